The zero-order chi connectivity index (χ0) is 20.9. The molecule has 5 nitrogen and oxygen atoms in total. The van der Waals surface area contributed by atoms with Crippen LogP contribution in [0.3, 0.4) is 0 Å². The second-order valence-electron chi connectivity index (χ2n) is 8.62. The first-order chi connectivity index (χ1) is 13.8. The quantitative estimate of drug-likeness (QED) is 0.729. The highest BCUT2D eigenvalue weighted by Gasteiger charge is 2.27. The van der Waals surface area contributed by atoms with E-state index >= 15 is 0 Å². The van der Waals surface area contributed by atoms with E-state index in [1.165, 1.54) is 5.56 Å². The lowest BCUT2D eigenvalue weighted by Crippen LogP contribution is -2.38. The topological polar surface area (TPSA) is 67.4 Å². The molecule has 0 spiro atoms. The van der Waals surface area contributed by atoms with Crippen LogP contribution in [0.25, 0.3) is 0 Å². The van der Waals surface area contributed by atoms with Gasteiger partial charge in [-0.05, 0) is 48.6 Å². The van der Waals surface area contributed by atoms with Gasteiger partial charge < -0.3 is 15.4 Å². The number of aryl methyl sites for hydroxylation is 1. The van der Waals surface area contributed by atoms with Crippen molar-refractivity contribution in [1.29, 1.82) is 0 Å². The highest BCUT2D eigenvalue weighted by molar-refractivity contribution is 5.94. The van der Waals surface area contributed by atoms with Gasteiger partial charge in [0.2, 0.25) is 11.8 Å². The molecule has 0 saturated carbocycles. The van der Waals surface area contributed by atoms with Crippen LogP contribution in [-0.4, -0.2) is 25.0 Å². The second-order valence-corrected chi connectivity index (χ2v) is 8.62. The molecule has 3 rings (SSSR count). The van der Waals surface area contributed by atoms with Crippen LogP contribution in [0.5, 0.6) is 5.75 Å². The monoisotopic (exact) mass is 394 g/mol. The molecule has 2 aromatic carbocycles. The molecule has 29 heavy (non-hydrogen) atoms. The molecule has 1 unspecified atom stereocenters. The molecule has 5 heteroatoms. The van der Waals surface area contributed by atoms with Gasteiger partial charge >= 0.3 is 0 Å². The average Bonchev–Trinajstić information content (AvgIpc) is 2.70. The van der Waals surface area contributed by atoms with Gasteiger partial charge in [0.05, 0.1) is 5.92 Å². The molecule has 1 atom stereocenters. The van der Waals surface area contributed by atoms with Crippen molar-refractivity contribution in [3.8, 4) is 5.75 Å². The maximum absolute atomic E-state index is 12.6. The summed E-state index contributed by atoms with van der Waals surface area (Å²) in [6.07, 6.45) is 2.46. The summed E-state index contributed by atoms with van der Waals surface area (Å²) in [5.41, 5.74) is 2.50. The summed E-state index contributed by atoms with van der Waals surface area (Å²) in [4.78, 5) is 24.8. The van der Waals surface area contributed by atoms with E-state index in [1.54, 1.807) is 0 Å². The van der Waals surface area contributed by atoms with E-state index in [-0.39, 0.29) is 17.7 Å². The Balaban J connectivity index is 1.52. The number of rotatable bonds is 6. The maximum atomic E-state index is 12.6. The minimum atomic E-state index is -0.464. The van der Waals surface area contributed by atoms with E-state index in [0.29, 0.717) is 19.6 Å². The van der Waals surface area contributed by atoms with Crippen molar-refractivity contribution >= 4 is 17.5 Å². The predicted molar refractivity (Wildman–Crippen MR) is 115 cm³/mol. The molecule has 1 heterocycles. The fourth-order valence-electron chi connectivity index (χ4n) is 3.25. The molecular formula is C24H30N2O3. The zero-order valence-electron chi connectivity index (χ0n) is 17.5. The van der Waals surface area contributed by atoms with Gasteiger partial charge in [-0.1, -0.05) is 51.1 Å². The third-order valence-electron chi connectivity index (χ3n) is 5.06. The van der Waals surface area contributed by atoms with E-state index in [0.717, 1.165) is 29.8 Å². The van der Waals surface area contributed by atoms with Gasteiger partial charge in [-0.15, -0.1) is 0 Å². The van der Waals surface area contributed by atoms with Crippen LogP contribution in [0.15, 0.2) is 48.5 Å². The Morgan fingerprint density at radius 1 is 1.10 bits per heavy atom. The van der Waals surface area contributed by atoms with Gasteiger partial charge in [-0.2, -0.15) is 0 Å². The van der Waals surface area contributed by atoms with E-state index < -0.39 is 5.41 Å². The summed E-state index contributed by atoms with van der Waals surface area (Å²) in [6, 6.07) is 15.9. The standard InChI is InChI=1S/C24H30N2O3/c1-24(2,3)23(28)26-20-11-12-21-18(15-20)14-19(16-29-21)22(27)25-13-7-10-17-8-5-4-6-9-17/h4-6,8-9,11-12,15,19H,7,10,13-14,16H2,1-3H3,(H,25,27)(H,26,28). The molecule has 0 aliphatic carbocycles. The molecular weight excluding hydrogens is 364 g/mol. The number of fused-ring (bicyclic) bond motifs is 1. The van der Waals surface area contributed by atoms with Crippen LogP contribution in [0.1, 0.15) is 38.3 Å². The summed E-state index contributed by atoms with van der Waals surface area (Å²) in [5.74, 6) is 0.550. The molecule has 1 aliphatic rings. The third kappa shape index (κ3) is 5.83. The number of carbonyl (C=O) groups excluding carboxylic acids is 2. The Bertz CT molecular complexity index is 856. The maximum Gasteiger partial charge on any atom is 0.229 e. The minimum Gasteiger partial charge on any atom is -0.492 e. The first-order valence-corrected chi connectivity index (χ1v) is 10.2. The molecule has 1 aliphatic heterocycles. The van der Waals surface area contributed by atoms with Crippen molar-refractivity contribution in [2.75, 3.05) is 18.5 Å². The molecule has 0 fully saturated rings. The molecule has 2 amide bonds. The largest absolute Gasteiger partial charge is 0.492 e. The number of hydrogen-bond acceptors (Lipinski definition) is 3. The molecule has 0 bridgehead atoms. The van der Waals surface area contributed by atoms with Crippen LogP contribution >= 0.6 is 0 Å². The van der Waals surface area contributed by atoms with Crippen LogP contribution in [0.4, 0.5) is 5.69 Å². The van der Waals surface area contributed by atoms with Crippen LogP contribution in [0, 0.1) is 11.3 Å². The Morgan fingerprint density at radius 3 is 2.59 bits per heavy atom. The number of nitrogens with one attached hydrogen (secondary N) is 2. The zero-order valence-corrected chi connectivity index (χ0v) is 17.5. The lowest BCUT2D eigenvalue weighted by molar-refractivity contribution is -0.126. The Morgan fingerprint density at radius 2 is 1.86 bits per heavy atom. The van der Waals surface area contributed by atoms with E-state index in [1.807, 2.05) is 57.2 Å². The van der Waals surface area contributed by atoms with Crippen molar-refractivity contribution in [3.63, 3.8) is 0 Å². The number of anilines is 1. The van der Waals surface area contributed by atoms with Crippen LogP contribution in [0.2, 0.25) is 0 Å². The summed E-state index contributed by atoms with van der Waals surface area (Å²) in [6.45, 7) is 6.66. The van der Waals surface area contributed by atoms with Gasteiger partial charge in [-0.3, -0.25) is 9.59 Å². The normalized spacial score (nSPS) is 15.8. The lowest BCUT2D eigenvalue weighted by Gasteiger charge is -2.25. The summed E-state index contributed by atoms with van der Waals surface area (Å²) >= 11 is 0. The molecule has 2 N–H and O–H groups in total. The van der Waals surface area contributed by atoms with E-state index in [9.17, 15) is 9.59 Å². The van der Waals surface area contributed by atoms with Crippen molar-refractivity contribution < 1.29 is 14.3 Å². The van der Waals surface area contributed by atoms with E-state index in [4.69, 9.17) is 4.74 Å². The highest BCUT2D eigenvalue weighted by atomic mass is 16.5. The number of hydrogen-bond donors (Lipinski definition) is 2. The predicted octanol–water partition coefficient (Wildman–Crippen LogP) is 3.97. The smallest absolute Gasteiger partial charge is 0.229 e. The van der Waals surface area contributed by atoms with Crippen molar-refractivity contribution in [2.45, 2.75) is 40.0 Å². The molecule has 154 valence electrons. The highest BCUT2D eigenvalue weighted by Crippen LogP contribution is 2.30. The Kier molecular flexibility index (Phi) is 6.57. The van der Waals surface area contributed by atoms with Gasteiger partial charge in [-0.25, -0.2) is 0 Å². The summed E-state index contributed by atoms with van der Waals surface area (Å²) in [5, 5.41) is 5.97. The average molecular weight is 395 g/mol. The van der Waals surface area contributed by atoms with Gasteiger partial charge in [0.25, 0.3) is 0 Å². The van der Waals surface area contributed by atoms with Gasteiger partial charge in [0.15, 0.2) is 0 Å². The fraction of sp³-hybridized carbons (Fsp3) is 0.417. The molecule has 0 saturated heterocycles. The van der Waals surface area contributed by atoms with Crippen LogP contribution < -0.4 is 15.4 Å². The number of amides is 2. The molecule has 2 aromatic rings. The Labute approximate surface area is 172 Å². The lowest BCUT2D eigenvalue weighted by atomic mass is 9.94. The number of carbonyl (C=O) groups is 2. The second kappa shape index (κ2) is 9.12. The Hall–Kier alpha value is -2.82. The molecule has 0 radical (unpaired) electrons. The van der Waals surface area contributed by atoms with Gasteiger partial charge in [0, 0.05) is 17.6 Å². The van der Waals surface area contributed by atoms with Crippen molar-refractivity contribution in [1.82, 2.24) is 5.32 Å². The SMILES string of the molecule is CC(C)(C)C(=O)Nc1ccc2c(c1)CC(C(=O)NCCCc1ccccc1)CO2. The van der Waals surface area contributed by atoms with Gasteiger partial charge in [0.1, 0.15) is 12.4 Å². The fourth-order valence-corrected chi connectivity index (χ4v) is 3.25. The first-order valence-electron chi connectivity index (χ1n) is 10.2. The summed E-state index contributed by atoms with van der Waals surface area (Å²) < 4.78 is 5.79. The first kappa shape index (κ1) is 20.9. The van der Waals surface area contributed by atoms with Crippen molar-refractivity contribution in [2.24, 2.45) is 11.3 Å². The van der Waals surface area contributed by atoms with Crippen molar-refractivity contribution in [3.05, 3.63) is 59.7 Å². The minimum absolute atomic E-state index is 0.0211. The number of benzene rings is 2. The van der Waals surface area contributed by atoms with Crippen LogP contribution in [-0.2, 0) is 22.4 Å². The summed E-state index contributed by atoms with van der Waals surface area (Å²) in [7, 11) is 0. The third-order valence-corrected chi connectivity index (χ3v) is 5.06. The number of ether oxygens (including phenoxy) is 1. The van der Waals surface area contributed by atoms with E-state index in [2.05, 4.69) is 22.8 Å². The molecule has 0 aromatic heterocycles.